The molecule has 0 heterocycles. The van der Waals surface area contributed by atoms with Crippen LogP contribution in [-0.4, -0.2) is 72.2 Å². The van der Waals surface area contributed by atoms with Crippen molar-refractivity contribution < 1.29 is 37.0 Å². The number of nitrogens with one attached hydrogen (secondary N) is 1. The number of ether oxygens (including phenoxy) is 4. The first kappa shape index (κ1) is 35.3. The maximum atomic E-state index is 14.4. The zero-order valence-electron chi connectivity index (χ0n) is 26.5. The Morgan fingerprint density at radius 2 is 1.51 bits per heavy atom. The van der Waals surface area contributed by atoms with Crippen molar-refractivity contribution in [2.24, 2.45) is 0 Å². The number of rotatable bonds is 15. The summed E-state index contributed by atoms with van der Waals surface area (Å²) in [6.07, 6.45) is 0.684. The van der Waals surface area contributed by atoms with E-state index in [9.17, 15) is 18.0 Å². The average Bonchev–Trinajstić information content (AvgIpc) is 3.05. The highest BCUT2D eigenvalue weighted by atomic mass is 35.5. The van der Waals surface area contributed by atoms with Crippen LogP contribution in [0, 0.1) is 0 Å². The van der Waals surface area contributed by atoms with Gasteiger partial charge in [-0.1, -0.05) is 36.7 Å². The zero-order valence-corrected chi connectivity index (χ0v) is 28.1. The van der Waals surface area contributed by atoms with Crippen LogP contribution >= 0.6 is 11.6 Å². The lowest BCUT2D eigenvalue weighted by molar-refractivity contribution is -0.139. The van der Waals surface area contributed by atoms with Crippen molar-refractivity contribution in [2.75, 3.05) is 39.3 Å². The molecular formula is C32H40ClN3O8S. The molecule has 3 aromatic carbocycles. The van der Waals surface area contributed by atoms with Gasteiger partial charge in [-0.05, 0) is 56.2 Å². The molecule has 0 aliphatic heterocycles. The van der Waals surface area contributed by atoms with E-state index in [2.05, 4.69) is 5.32 Å². The molecule has 3 aromatic rings. The number of carbonyl (C=O) groups is 2. The Morgan fingerprint density at radius 1 is 0.867 bits per heavy atom. The molecule has 45 heavy (non-hydrogen) atoms. The lowest BCUT2D eigenvalue weighted by Crippen LogP contribution is -2.52. The first-order chi connectivity index (χ1) is 21.4. The predicted octanol–water partition coefficient (Wildman–Crippen LogP) is 4.90. The fourth-order valence-corrected chi connectivity index (χ4v) is 6.10. The van der Waals surface area contributed by atoms with Gasteiger partial charge in [-0.3, -0.25) is 13.9 Å². The molecule has 0 aromatic heterocycles. The smallest absolute Gasteiger partial charge is 0.265 e. The highest BCUT2D eigenvalue weighted by Gasteiger charge is 2.35. The topological polar surface area (TPSA) is 124 Å². The van der Waals surface area contributed by atoms with E-state index in [4.69, 9.17) is 30.5 Å². The molecular weight excluding hydrogens is 622 g/mol. The molecule has 0 saturated carbocycles. The third-order valence-electron chi connectivity index (χ3n) is 7.34. The molecule has 0 spiro atoms. The van der Waals surface area contributed by atoms with Gasteiger partial charge in [0.25, 0.3) is 10.0 Å². The van der Waals surface area contributed by atoms with Gasteiger partial charge >= 0.3 is 0 Å². The number of anilines is 1. The summed E-state index contributed by atoms with van der Waals surface area (Å²) < 4.78 is 51.2. The van der Waals surface area contributed by atoms with Gasteiger partial charge in [0, 0.05) is 29.7 Å². The van der Waals surface area contributed by atoms with E-state index in [1.807, 2.05) is 13.8 Å². The van der Waals surface area contributed by atoms with Gasteiger partial charge in [0.1, 0.15) is 24.1 Å². The summed E-state index contributed by atoms with van der Waals surface area (Å²) in [6.45, 7) is 4.64. The van der Waals surface area contributed by atoms with Crippen molar-refractivity contribution in [3.63, 3.8) is 0 Å². The Bertz CT molecular complexity index is 1600. The van der Waals surface area contributed by atoms with Gasteiger partial charge in [0.05, 0.1) is 39.0 Å². The Hall–Kier alpha value is -4.16. The maximum absolute atomic E-state index is 14.4. The van der Waals surface area contributed by atoms with E-state index >= 15 is 0 Å². The molecule has 0 fully saturated rings. The van der Waals surface area contributed by atoms with Crippen LogP contribution in [0.1, 0.15) is 32.8 Å². The minimum Gasteiger partial charge on any atom is -0.497 e. The first-order valence-electron chi connectivity index (χ1n) is 14.2. The highest BCUT2D eigenvalue weighted by molar-refractivity contribution is 7.92. The molecule has 0 bridgehead atoms. The van der Waals surface area contributed by atoms with Crippen LogP contribution in [0.3, 0.4) is 0 Å². The summed E-state index contributed by atoms with van der Waals surface area (Å²) >= 11 is 6.45. The maximum Gasteiger partial charge on any atom is 0.265 e. The fourth-order valence-electron chi connectivity index (χ4n) is 4.47. The summed E-state index contributed by atoms with van der Waals surface area (Å²) in [5.41, 5.74) is 0.637. The number of halogens is 1. The van der Waals surface area contributed by atoms with E-state index in [-0.39, 0.29) is 34.7 Å². The molecule has 244 valence electrons. The molecule has 2 amide bonds. The van der Waals surface area contributed by atoms with Gasteiger partial charge in [0.15, 0.2) is 11.5 Å². The predicted molar refractivity (Wildman–Crippen MR) is 173 cm³/mol. The van der Waals surface area contributed by atoms with Crippen LogP contribution in [0.25, 0.3) is 0 Å². The second-order valence-electron chi connectivity index (χ2n) is 10.2. The zero-order chi connectivity index (χ0) is 33.3. The van der Waals surface area contributed by atoms with Crippen molar-refractivity contribution in [2.45, 2.75) is 50.7 Å². The van der Waals surface area contributed by atoms with Crippen LogP contribution in [0.4, 0.5) is 5.69 Å². The Labute approximate surface area is 270 Å². The Kier molecular flexibility index (Phi) is 12.3. The van der Waals surface area contributed by atoms with E-state index < -0.39 is 34.4 Å². The van der Waals surface area contributed by atoms with Crippen molar-refractivity contribution in [3.05, 3.63) is 71.2 Å². The molecule has 0 saturated heterocycles. The molecule has 0 aliphatic carbocycles. The first-order valence-corrected chi connectivity index (χ1v) is 16.0. The molecule has 0 radical (unpaired) electrons. The SMILES string of the molecule is CC[C@@H](C)NC(=O)[C@@H](C)N(Cc1ccccc1Cl)C(=O)CN(c1cc(OC)ccc1OC)S(=O)(=O)c1ccc(OC)c(OC)c1. The van der Waals surface area contributed by atoms with Crippen molar-refractivity contribution in [1.82, 2.24) is 10.2 Å². The molecule has 0 unspecified atom stereocenters. The lowest BCUT2D eigenvalue weighted by atomic mass is 10.1. The molecule has 11 nitrogen and oxygen atoms in total. The van der Waals surface area contributed by atoms with E-state index in [0.717, 1.165) is 4.31 Å². The standard InChI is InChI=1S/C32H40ClN3O8S/c1-8-21(2)34-32(38)22(3)35(19-23-11-9-10-12-26(23)33)31(37)20-36(27-17-24(41-4)13-15-28(27)42-5)45(39,40)25-14-16-29(43-6)30(18-25)44-7/h9-18,21-22H,8,19-20H2,1-7H3,(H,34,38)/t21-,22-/m1/s1. The summed E-state index contributed by atoms with van der Waals surface area (Å²) in [5, 5.41) is 3.30. The molecule has 13 heteroatoms. The number of hydrogen-bond donors (Lipinski definition) is 1. The third kappa shape index (κ3) is 8.31. The molecule has 2 atom stereocenters. The number of carbonyl (C=O) groups excluding carboxylic acids is 2. The van der Waals surface area contributed by atoms with E-state index in [1.165, 1.54) is 57.6 Å². The molecule has 3 rings (SSSR count). The average molecular weight is 662 g/mol. The summed E-state index contributed by atoms with van der Waals surface area (Å²) in [4.78, 5) is 28.7. The van der Waals surface area contributed by atoms with E-state index in [1.54, 1.807) is 43.3 Å². The molecule has 0 aliphatic rings. The highest BCUT2D eigenvalue weighted by Crippen LogP contribution is 2.38. The van der Waals surface area contributed by atoms with Crippen LogP contribution in [0.15, 0.2) is 65.6 Å². The van der Waals surface area contributed by atoms with Crippen LogP contribution in [0.2, 0.25) is 5.02 Å². The van der Waals surface area contributed by atoms with Crippen LogP contribution < -0.4 is 28.6 Å². The number of sulfonamides is 1. The number of amides is 2. The summed E-state index contributed by atoms with van der Waals surface area (Å²) in [7, 11) is 1.19. The van der Waals surface area contributed by atoms with Gasteiger partial charge in [-0.15, -0.1) is 0 Å². The Balaban J connectivity index is 2.18. The quantitative estimate of drug-likeness (QED) is 0.244. The van der Waals surface area contributed by atoms with Gasteiger partial charge in [0.2, 0.25) is 11.8 Å². The number of nitrogens with zero attached hydrogens (tertiary/aromatic N) is 2. The van der Waals surface area contributed by atoms with Crippen LogP contribution in [0.5, 0.6) is 23.0 Å². The largest absolute Gasteiger partial charge is 0.497 e. The van der Waals surface area contributed by atoms with Crippen molar-refractivity contribution in [3.8, 4) is 23.0 Å². The third-order valence-corrected chi connectivity index (χ3v) is 9.47. The fraction of sp³-hybridized carbons (Fsp3) is 0.375. The van der Waals surface area contributed by atoms with Gasteiger partial charge < -0.3 is 29.2 Å². The second kappa shape index (κ2) is 15.7. The normalized spacial score (nSPS) is 12.4. The van der Waals surface area contributed by atoms with E-state index in [0.29, 0.717) is 28.5 Å². The lowest BCUT2D eigenvalue weighted by Gasteiger charge is -2.33. The van der Waals surface area contributed by atoms with Crippen molar-refractivity contribution >= 4 is 39.1 Å². The number of methoxy groups -OCH3 is 4. The second-order valence-corrected chi connectivity index (χ2v) is 12.4. The monoisotopic (exact) mass is 661 g/mol. The summed E-state index contributed by atoms with van der Waals surface area (Å²) in [6, 6.07) is 14.6. The minimum atomic E-state index is -4.46. The van der Waals surface area contributed by atoms with Crippen LogP contribution in [-0.2, 0) is 26.2 Å². The van der Waals surface area contributed by atoms with Gasteiger partial charge in [-0.2, -0.15) is 0 Å². The number of hydrogen-bond acceptors (Lipinski definition) is 8. The number of benzene rings is 3. The molecule has 1 N–H and O–H groups in total. The Morgan fingerprint density at radius 3 is 2.11 bits per heavy atom. The minimum absolute atomic E-state index is 0.0485. The van der Waals surface area contributed by atoms with Gasteiger partial charge in [-0.25, -0.2) is 8.42 Å². The summed E-state index contributed by atoms with van der Waals surface area (Å²) in [5.74, 6) is -0.0373. The van der Waals surface area contributed by atoms with Crippen molar-refractivity contribution in [1.29, 1.82) is 0 Å².